The predicted octanol–water partition coefficient (Wildman–Crippen LogP) is 3.05. The molecule has 2 aromatic rings. The average Bonchev–Trinajstić information content (AvgIpc) is 2.53. The number of carbonyl (C=O) groups excluding carboxylic acids is 1. The van der Waals surface area contributed by atoms with Gasteiger partial charge >= 0.3 is 0 Å². The van der Waals surface area contributed by atoms with E-state index in [1.165, 1.54) is 6.07 Å². The van der Waals surface area contributed by atoms with Crippen LogP contribution in [-0.4, -0.2) is 22.4 Å². The predicted molar refractivity (Wildman–Crippen MR) is 79.7 cm³/mol. The highest BCUT2D eigenvalue weighted by Gasteiger charge is 2.17. The van der Waals surface area contributed by atoms with Crippen LogP contribution in [0, 0.1) is 24.4 Å². The zero-order valence-corrected chi connectivity index (χ0v) is 12.2. The summed E-state index contributed by atoms with van der Waals surface area (Å²) in [4.78, 5) is 20.1. The molecule has 0 unspecified atom stereocenters. The summed E-state index contributed by atoms with van der Waals surface area (Å²) in [6.45, 7) is 5.55. The molecule has 0 aliphatic heterocycles. The Balaban J connectivity index is 2.25. The average molecular weight is 322 g/mol. The number of hydrogen-bond acceptors (Lipinski definition) is 4. The molecule has 0 saturated heterocycles. The Morgan fingerprint density at radius 1 is 1.26 bits per heavy atom. The molecular weight excluding hydrogens is 309 g/mol. The Kier molecular flexibility index (Phi) is 4.95. The highest BCUT2D eigenvalue weighted by atomic mass is 19.2. The van der Waals surface area contributed by atoms with Gasteiger partial charge in [-0.05, 0) is 19.1 Å². The maximum absolute atomic E-state index is 13.6. The Morgan fingerprint density at radius 2 is 2.00 bits per heavy atom. The van der Waals surface area contributed by atoms with Crippen molar-refractivity contribution in [3.05, 3.63) is 59.8 Å². The summed E-state index contributed by atoms with van der Waals surface area (Å²) in [5.41, 5.74) is -0.529. The van der Waals surface area contributed by atoms with E-state index in [0.29, 0.717) is 18.2 Å². The van der Waals surface area contributed by atoms with Crippen molar-refractivity contribution < 1.29 is 18.0 Å². The van der Waals surface area contributed by atoms with Crippen LogP contribution >= 0.6 is 0 Å². The minimum absolute atomic E-state index is 0.0480. The lowest BCUT2D eigenvalue weighted by Crippen LogP contribution is -2.17. The topological polar surface area (TPSA) is 66.9 Å². The SMILES string of the molecule is C=CCNc1cc(C(=O)Nc2ccc(F)c(F)c2F)nc(C)n1. The number of carbonyl (C=O) groups is 1. The van der Waals surface area contributed by atoms with Crippen molar-refractivity contribution in [3.63, 3.8) is 0 Å². The van der Waals surface area contributed by atoms with Crippen LogP contribution < -0.4 is 10.6 Å². The minimum atomic E-state index is -1.66. The molecule has 0 atom stereocenters. The third kappa shape index (κ3) is 3.85. The van der Waals surface area contributed by atoms with Crippen molar-refractivity contribution in [1.82, 2.24) is 9.97 Å². The van der Waals surface area contributed by atoms with Crippen molar-refractivity contribution in [2.75, 3.05) is 17.2 Å². The molecule has 0 bridgehead atoms. The van der Waals surface area contributed by atoms with E-state index >= 15 is 0 Å². The number of nitrogens with zero attached hydrogens (tertiary/aromatic N) is 2. The second-order valence-electron chi connectivity index (χ2n) is 4.53. The fraction of sp³-hybridized carbons (Fsp3) is 0.133. The number of halogens is 3. The van der Waals surface area contributed by atoms with Gasteiger partial charge in [-0.3, -0.25) is 4.79 Å². The van der Waals surface area contributed by atoms with E-state index in [4.69, 9.17) is 0 Å². The molecule has 0 aliphatic carbocycles. The molecular formula is C15H13F3N4O. The number of aromatic nitrogens is 2. The van der Waals surface area contributed by atoms with Crippen molar-refractivity contribution in [3.8, 4) is 0 Å². The molecule has 120 valence electrons. The minimum Gasteiger partial charge on any atom is -0.366 e. The molecule has 0 aliphatic rings. The number of benzene rings is 1. The summed E-state index contributed by atoms with van der Waals surface area (Å²) in [7, 11) is 0. The van der Waals surface area contributed by atoms with Crippen molar-refractivity contribution in [2.24, 2.45) is 0 Å². The van der Waals surface area contributed by atoms with Crippen molar-refractivity contribution in [2.45, 2.75) is 6.92 Å². The van der Waals surface area contributed by atoms with E-state index in [-0.39, 0.29) is 5.69 Å². The summed E-state index contributed by atoms with van der Waals surface area (Å²) >= 11 is 0. The molecule has 1 aromatic heterocycles. The summed E-state index contributed by atoms with van der Waals surface area (Å²) in [6, 6.07) is 3.00. The zero-order chi connectivity index (χ0) is 17.0. The number of nitrogens with one attached hydrogen (secondary N) is 2. The van der Waals surface area contributed by atoms with E-state index in [0.717, 1.165) is 12.1 Å². The zero-order valence-electron chi connectivity index (χ0n) is 12.2. The fourth-order valence-electron chi connectivity index (χ4n) is 1.76. The second kappa shape index (κ2) is 6.91. The summed E-state index contributed by atoms with van der Waals surface area (Å²) in [5, 5.41) is 5.04. The number of amides is 1. The lowest BCUT2D eigenvalue weighted by Gasteiger charge is -2.09. The molecule has 8 heteroatoms. The maximum Gasteiger partial charge on any atom is 0.274 e. The highest BCUT2D eigenvalue weighted by Crippen LogP contribution is 2.20. The number of hydrogen-bond donors (Lipinski definition) is 2. The van der Waals surface area contributed by atoms with E-state index in [9.17, 15) is 18.0 Å². The van der Waals surface area contributed by atoms with E-state index < -0.39 is 29.0 Å². The normalized spacial score (nSPS) is 10.3. The van der Waals surface area contributed by atoms with E-state index in [1.54, 1.807) is 13.0 Å². The summed E-state index contributed by atoms with van der Waals surface area (Å²) in [5.74, 6) is -4.55. The Labute approximate surface area is 130 Å². The molecule has 0 saturated carbocycles. The molecule has 0 radical (unpaired) electrons. The van der Waals surface area contributed by atoms with Crippen LogP contribution in [0.1, 0.15) is 16.3 Å². The smallest absolute Gasteiger partial charge is 0.274 e. The van der Waals surface area contributed by atoms with Crippen molar-refractivity contribution >= 4 is 17.4 Å². The quantitative estimate of drug-likeness (QED) is 0.656. The lowest BCUT2D eigenvalue weighted by atomic mass is 10.2. The monoisotopic (exact) mass is 322 g/mol. The summed E-state index contributed by atoms with van der Waals surface area (Å²) < 4.78 is 39.6. The molecule has 1 aromatic carbocycles. The first-order valence-corrected chi connectivity index (χ1v) is 6.57. The van der Waals surface area contributed by atoms with Gasteiger partial charge in [0.15, 0.2) is 17.5 Å². The first-order valence-electron chi connectivity index (χ1n) is 6.57. The number of rotatable bonds is 5. The van der Waals surface area contributed by atoms with Crippen molar-refractivity contribution in [1.29, 1.82) is 0 Å². The van der Waals surface area contributed by atoms with Gasteiger partial charge in [-0.15, -0.1) is 6.58 Å². The maximum atomic E-state index is 13.6. The number of anilines is 2. The Bertz CT molecular complexity index is 765. The molecule has 2 rings (SSSR count). The van der Waals surface area contributed by atoms with Crippen LogP contribution in [-0.2, 0) is 0 Å². The molecule has 2 N–H and O–H groups in total. The Morgan fingerprint density at radius 3 is 2.70 bits per heavy atom. The van der Waals surface area contributed by atoms with Gasteiger partial charge in [-0.2, -0.15) is 0 Å². The van der Waals surface area contributed by atoms with E-state index in [1.807, 2.05) is 0 Å². The van der Waals surface area contributed by atoms with Crippen LogP contribution in [0.15, 0.2) is 30.9 Å². The van der Waals surface area contributed by atoms with Gasteiger partial charge in [-0.25, -0.2) is 23.1 Å². The molecule has 0 fully saturated rings. The van der Waals surface area contributed by atoms with Crippen LogP contribution in [0.5, 0.6) is 0 Å². The summed E-state index contributed by atoms with van der Waals surface area (Å²) in [6.07, 6.45) is 1.61. The molecule has 5 nitrogen and oxygen atoms in total. The second-order valence-corrected chi connectivity index (χ2v) is 4.53. The van der Waals surface area contributed by atoms with Gasteiger partial charge in [0.25, 0.3) is 5.91 Å². The van der Waals surface area contributed by atoms with Crippen LogP contribution in [0.25, 0.3) is 0 Å². The molecule has 1 amide bonds. The van der Waals surface area contributed by atoms with Crippen LogP contribution in [0.3, 0.4) is 0 Å². The first-order chi connectivity index (χ1) is 10.9. The highest BCUT2D eigenvalue weighted by molar-refractivity contribution is 6.03. The fourth-order valence-corrected chi connectivity index (χ4v) is 1.76. The Hall–Kier alpha value is -2.90. The first kappa shape index (κ1) is 16.5. The molecule has 23 heavy (non-hydrogen) atoms. The largest absolute Gasteiger partial charge is 0.366 e. The standard InChI is InChI=1S/C15H13F3N4O/c1-3-6-19-12-7-11(20-8(2)21-12)15(23)22-10-5-4-9(16)13(17)14(10)18/h3-5,7H,1,6H2,2H3,(H,22,23)(H,19,20,21). The van der Waals surface area contributed by atoms with Gasteiger partial charge in [0.1, 0.15) is 17.3 Å². The lowest BCUT2D eigenvalue weighted by molar-refractivity contribution is 0.102. The van der Waals surface area contributed by atoms with Gasteiger partial charge in [-0.1, -0.05) is 6.08 Å². The third-order valence-electron chi connectivity index (χ3n) is 2.78. The molecule has 1 heterocycles. The van der Waals surface area contributed by atoms with Gasteiger partial charge in [0.2, 0.25) is 0 Å². The van der Waals surface area contributed by atoms with Crippen LogP contribution in [0.4, 0.5) is 24.7 Å². The van der Waals surface area contributed by atoms with Gasteiger partial charge < -0.3 is 10.6 Å². The van der Waals surface area contributed by atoms with Gasteiger partial charge in [0.05, 0.1) is 5.69 Å². The number of aryl methyl sites for hydroxylation is 1. The third-order valence-corrected chi connectivity index (χ3v) is 2.78. The van der Waals surface area contributed by atoms with Gasteiger partial charge in [0, 0.05) is 12.6 Å². The van der Waals surface area contributed by atoms with E-state index in [2.05, 4.69) is 27.2 Å². The molecule has 0 spiro atoms. The van der Waals surface area contributed by atoms with Crippen LogP contribution in [0.2, 0.25) is 0 Å².